The average molecular weight is 303 g/mol. The molecule has 0 fully saturated rings. The lowest BCUT2D eigenvalue weighted by Crippen LogP contribution is -2.40. The van der Waals surface area contributed by atoms with Crippen molar-refractivity contribution in [3.8, 4) is 0 Å². The highest BCUT2D eigenvalue weighted by molar-refractivity contribution is 5.81. The van der Waals surface area contributed by atoms with Gasteiger partial charge in [-0.2, -0.15) is 0 Å². The molecule has 0 rings (SSSR count). The van der Waals surface area contributed by atoms with Gasteiger partial charge in [-0.25, -0.2) is 0 Å². The minimum Gasteiger partial charge on any atom is -0.481 e. The molecule has 0 aliphatic heterocycles. The van der Waals surface area contributed by atoms with Crippen LogP contribution < -0.4 is 0 Å². The summed E-state index contributed by atoms with van der Waals surface area (Å²) in [6, 6.07) is 0. The third-order valence-electron chi connectivity index (χ3n) is 3.10. The van der Waals surface area contributed by atoms with E-state index in [0.717, 1.165) is 0 Å². The molecule has 0 aromatic heterocycles. The van der Waals surface area contributed by atoms with Gasteiger partial charge in [-0.3, -0.25) is 14.4 Å². The smallest absolute Gasteiger partial charge is 0.311 e. The largest absolute Gasteiger partial charge is 0.481 e. The number of carbonyl (C=O) groups excluding carboxylic acids is 2. The van der Waals surface area contributed by atoms with Crippen LogP contribution in [-0.2, 0) is 23.9 Å². The van der Waals surface area contributed by atoms with E-state index in [4.69, 9.17) is 9.47 Å². The number of rotatable bonds is 9. The maximum atomic E-state index is 11.9. The van der Waals surface area contributed by atoms with E-state index in [-0.39, 0.29) is 6.61 Å². The van der Waals surface area contributed by atoms with E-state index in [1.165, 1.54) is 13.8 Å². The molecule has 7 nitrogen and oxygen atoms in total. The zero-order valence-corrected chi connectivity index (χ0v) is 13.3. The first-order valence-electron chi connectivity index (χ1n) is 6.92. The fraction of sp³-hybridized carbons (Fsp3) is 0.786. The summed E-state index contributed by atoms with van der Waals surface area (Å²) in [5, 5.41) is 9.31. The fourth-order valence-electron chi connectivity index (χ4n) is 1.93. The average Bonchev–Trinajstić information content (AvgIpc) is 2.36. The number of carboxylic acids is 1. The molecule has 0 amide bonds. The number of carboxylic acid groups (broad SMARTS) is 1. The minimum absolute atomic E-state index is 0.187. The van der Waals surface area contributed by atoms with Crippen molar-refractivity contribution in [3.63, 3.8) is 0 Å². The Kier molecular flexibility index (Phi) is 8.61. The van der Waals surface area contributed by atoms with E-state index < -0.39 is 35.8 Å². The number of hydrogen-bond acceptors (Lipinski definition) is 6. The van der Waals surface area contributed by atoms with Gasteiger partial charge in [-0.1, -0.05) is 13.8 Å². The topological polar surface area (TPSA) is 93.1 Å². The van der Waals surface area contributed by atoms with Crippen molar-refractivity contribution in [1.82, 2.24) is 4.90 Å². The summed E-state index contributed by atoms with van der Waals surface area (Å²) < 4.78 is 10.1. The molecule has 1 N–H and O–H groups in total. The lowest BCUT2D eigenvalue weighted by Gasteiger charge is -2.26. The van der Waals surface area contributed by atoms with Gasteiger partial charge in [0.05, 0.1) is 5.92 Å². The third-order valence-corrected chi connectivity index (χ3v) is 3.10. The van der Waals surface area contributed by atoms with Crippen LogP contribution in [-0.4, -0.2) is 61.3 Å². The van der Waals surface area contributed by atoms with Crippen LogP contribution in [0.2, 0.25) is 0 Å². The molecule has 7 heteroatoms. The predicted molar refractivity (Wildman–Crippen MR) is 75.6 cm³/mol. The number of nitrogens with zero attached hydrogens (tertiary/aromatic N) is 1. The second-order valence-electron chi connectivity index (χ2n) is 5.18. The van der Waals surface area contributed by atoms with Crippen molar-refractivity contribution in [3.05, 3.63) is 0 Å². The van der Waals surface area contributed by atoms with Crippen LogP contribution in [0.5, 0.6) is 0 Å². The molecule has 0 aliphatic carbocycles. The molecule has 21 heavy (non-hydrogen) atoms. The third kappa shape index (κ3) is 7.08. The van der Waals surface area contributed by atoms with Gasteiger partial charge in [-0.05, 0) is 20.5 Å². The molecule has 3 unspecified atom stereocenters. The van der Waals surface area contributed by atoms with Crippen molar-refractivity contribution in [2.45, 2.75) is 33.3 Å². The van der Waals surface area contributed by atoms with E-state index in [1.807, 2.05) is 19.0 Å². The van der Waals surface area contributed by atoms with Crippen molar-refractivity contribution >= 4 is 17.9 Å². The summed E-state index contributed by atoms with van der Waals surface area (Å²) in [5.41, 5.74) is 0. The SMILES string of the molecule is CCC(OC(C)=O)C(C(=O)O)C(C)C(=O)OCCN(C)C. The zero-order chi connectivity index (χ0) is 16.6. The van der Waals surface area contributed by atoms with Crippen LogP contribution in [0.4, 0.5) is 0 Å². The van der Waals surface area contributed by atoms with Gasteiger partial charge in [0.15, 0.2) is 0 Å². The van der Waals surface area contributed by atoms with Crippen LogP contribution in [0.15, 0.2) is 0 Å². The summed E-state index contributed by atoms with van der Waals surface area (Å²) in [7, 11) is 3.68. The van der Waals surface area contributed by atoms with E-state index >= 15 is 0 Å². The lowest BCUT2D eigenvalue weighted by atomic mass is 9.87. The van der Waals surface area contributed by atoms with Crippen LogP contribution in [0.25, 0.3) is 0 Å². The highest BCUT2D eigenvalue weighted by Crippen LogP contribution is 2.23. The molecule has 3 atom stereocenters. The van der Waals surface area contributed by atoms with Crippen LogP contribution in [0.1, 0.15) is 27.2 Å². The molecule has 0 heterocycles. The molecule has 0 spiro atoms. The quantitative estimate of drug-likeness (QED) is 0.629. The summed E-state index contributed by atoms with van der Waals surface area (Å²) in [6.45, 7) is 5.13. The van der Waals surface area contributed by atoms with Gasteiger partial charge < -0.3 is 19.5 Å². The second kappa shape index (κ2) is 9.33. The maximum Gasteiger partial charge on any atom is 0.311 e. The van der Waals surface area contributed by atoms with Crippen LogP contribution in [0, 0.1) is 11.8 Å². The minimum atomic E-state index is -1.18. The first-order chi connectivity index (χ1) is 9.70. The molecular weight excluding hydrogens is 278 g/mol. The molecule has 0 aliphatic rings. The van der Waals surface area contributed by atoms with Crippen LogP contribution >= 0.6 is 0 Å². The molecule has 0 aromatic rings. The molecule has 0 radical (unpaired) electrons. The number of aliphatic carboxylic acids is 1. The summed E-state index contributed by atoms with van der Waals surface area (Å²) in [5.74, 6) is -4.36. The van der Waals surface area contributed by atoms with Gasteiger partial charge in [0.25, 0.3) is 0 Å². The normalized spacial score (nSPS) is 15.1. The molecule has 0 saturated carbocycles. The number of ether oxygens (including phenoxy) is 2. The first-order valence-corrected chi connectivity index (χ1v) is 6.92. The maximum absolute atomic E-state index is 11.9. The van der Waals surface area contributed by atoms with Gasteiger partial charge in [0.1, 0.15) is 18.6 Å². The van der Waals surface area contributed by atoms with E-state index in [9.17, 15) is 19.5 Å². The Morgan fingerprint density at radius 3 is 2.19 bits per heavy atom. The Labute approximate surface area is 125 Å². The van der Waals surface area contributed by atoms with Crippen molar-refractivity contribution < 1.29 is 29.0 Å². The van der Waals surface area contributed by atoms with Gasteiger partial charge in [0, 0.05) is 13.5 Å². The van der Waals surface area contributed by atoms with Crippen molar-refractivity contribution in [2.24, 2.45) is 11.8 Å². The van der Waals surface area contributed by atoms with Crippen molar-refractivity contribution in [1.29, 1.82) is 0 Å². The molecule has 0 aromatic carbocycles. The second-order valence-corrected chi connectivity index (χ2v) is 5.18. The number of esters is 2. The molecular formula is C14H25NO6. The Bertz CT molecular complexity index is 368. The zero-order valence-electron chi connectivity index (χ0n) is 13.3. The van der Waals surface area contributed by atoms with Crippen LogP contribution in [0.3, 0.4) is 0 Å². The fourth-order valence-corrected chi connectivity index (χ4v) is 1.93. The Hall–Kier alpha value is -1.63. The Morgan fingerprint density at radius 1 is 1.24 bits per heavy atom. The van der Waals surface area contributed by atoms with E-state index in [2.05, 4.69) is 0 Å². The number of likely N-dealkylation sites (N-methyl/N-ethyl adjacent to an activating group) is 1. The molecule has 122 valence electrons. The Balaban J connectivity index is 4.80. The van der Waals surface area contributed by atoms with Gasteiger partial charge in [-0.15, -0.1) is 0 Å². The summed E-state index contributed by atoms with van der Waals surface area (Å²) in [4.78, 5) is 36.2. The van der Waals surface area contributed by atoms with Gasteiger partial charge >= 0.3 is 17.9 Å². The number of carbonyl (C=O) groups is 3. The lowest BCUT2D eigenvalue weighted by molar-refractivity contribution is -0.168. The molecule has 0 saturated heterocycles. The highest BCUT2D eigenvalue weighted by atomic mass is 16.5. The summed E-state index contributed by atoms with van der Waals surface area (Å²) >= 11 is 0. The standard InChI is InChI=1S/C14H25NO6/c1-6-11(21-10(3)16)12(13(17)18)9(2)14(19)20-8-7-15(4)5/h9,11-12H,6-8H2,1-5H3,(H,17,18). The van der Waals surface area contributed by atoms with Crippen molar-refractivity contribution in [2.75, 3.05) is 27.2 Å². The van der Waals surface area contributed by atoms with E-state index in [1.54, 1.807) is 6.92 Å². The Morgan fingerprint density at radius 2 is 1.81 bits per heavy atom. The van der Waals surface area contributed by atoms with Gasteiger partial charge in [0.2, 0.25) is 0 Å². The monoisotopic (exact) mass is 303 g/mol. The number of hydrogen-bond donors (Lipinski definition) is 1. The highest BCUT2D eigenvalue weighted by Gasteiger charge is 2.38. The first kappa shape index (κ1) is 19.4. The predicted octanol–water partition coefficient (Wildman–Crippen LogP) is 0.770. The van der Waals surface area contributed by atoms with E-state index in [0.29, 0.717) is 13.0 Å². The summed E-state index contributed by atoms with van der Waals surface area (Å²) in [6.07, 6.45) is -0.539. The molecule has 0 bridgehead atoms.